The van der Waals surface area contributed by atoms with E-state index in [1.807, 2.05) is 29.2 Å². The lowest BCUT2D eigenvalue weighted by molar-refractivity contribution is -0.228. The SMILES string of the molecule is COC1(OC)CCN(C(=O)Cc2cccc(Br)c2)CC1. The second-order valence-electron chi connectivity index (χ2n) is 5.01. The van der Waals surface area contributed by atoms with Gasteiger partial charge in [0, 0.05) is 44.6 Å². The van der Waals surface area contributed by atoms with Gasteiger partial charge in [-0.1, -0.05) is 28.1 Å². The van der Waals surface area contributed by atoms with Crippen LogP contribution >= 0.6 is 15.9 Å². The lowest BCUT2D eigenvalue weighted by atomic mass is 10.0. The molecule has 1 aromatic rings. The Hall–Kier alpha value is -0.910. The van der Waals surface area contributed by atoms with Crippen LogP contribution in [0.1, 0.15) is 18.4 Å². The summed E-state index contributed by atoms with van der Waals surface area (Å²) >= 11 is 3.42. The van der Waals surface area contributed by atoms with Crippen molar-refractivity contribution in [1.82, 2.24) is 4.90 Å². The van der Waals surface area contributed by atoms with E-state index in [1.165, 1.54) is 0 Å². The quantitative estimate of drug-likeness (QED) is 0.790. The number of hydrogen-bond acceptors (Lipinski definition) is 3. The van der Waals surface area contributed by atoms with Crippen LogP contribution < -0.4 is 0 Å². The first-order chi connectivity index (χ1) is 9.58. The molecule has 1 aliphatic heterocycles. The summed E-state index contributed by atoms with van der Waals surface area (Å²) in [5.74, 6) is -0.365. The smallest absolute Gasteiger partial charge is 0.226 e. The minimum atomic E-state index is -0.521. The van der Waals surface area contributed by atoms with E-state index < -0.39 is 5.79 Å². The molecule has 110 valence electrons. The molecule has 1 saturated heterocycles. The summed E-state index contributed by atoms with van der Waals surface area (Å²) in [5, 5.41) is 0. The molecular formula is C15H20BrNO3. The van der Waals surface area contributed by atoms with Crippen molar-refractivity contribution in [1.29, 1.82) is 0 Å². The van der Waals surface area contributed by atoms with E-state index >= 15 is 0 Å². The first kappa shape index (κ1) is 15.5. The number of likely N-dealkylation sites (tertiary alicyclic amines) is 1. The molecule has 0 radical (unpaired) electrons. The monoisotopic (exact) mass is 341 g/mol. The van der Waals surface area contributed by atoms with Crippen LogP contribution in [0.3, 0.4) is 0 Å². The zero-order valence-corrected chi connectivity index (χ0v) is 13.5. The van der Waals surface area contributed by atoms with Crippen molar-refractivity contribution in [3.63, 3.8) is 0 Å². The summed E-state index contributed by atoms with van der Waals surface area (Å²) in [6.45, 7) is 1.35. The molecule has 1 aliphatic rings. The van der Waals surface area contributed by atoms with Crippen LogP contribution in [0.2, 0.25) is 0 Å². The molecule has 0 N–H and O–H groups in total. The summed E-state index contributed by atoms with van der Waals surface area (Å²) in [4.78, 5) is 14.2. The molecule has 0 aliphatic carbocycles. The summed E-state index contributed by atoms with van der Waals surface area (Å²) in [7, 11) is 3.31. The fourth-order valence-corrected chi connectivity index (χ4v) is 2.97. The average molecular weight is 342 g/mol. The van der Waals surface area contributed by atoms with Crippen LogP contribution in [0.25, 0.3) is 0 Å². The number of hydrogen-bond donors (Lipinski definition) is 0. The molecule has 1 amide bonds. The van der Waals surface area contributed by atoms with Gasteiger partial charge in [0.05, 0.1) is 6.42 Å². The molecule has 0 saturated carbocycles. The zero-order chi connectivity index (χ0) is 14.6. The summed E-state index contributed by atoms with van der Waals surface area (Å²) in [6, 6.07) is 7.86. The average Bonchev–Trinajstić information content (AvgIpc) is 2.47. The van der Waals surface area contributed by atoms with Gasteiger partial charge in [0.25, 0.3) is 0 Å². The Kier molecular flexibility index (Phi) is 5.18. The van der Waals surface area contributed by atoms with Crippen molar-refractivity contribution in [2.45, 2.75) is 25.0 Å². The third-order valence-electron chi connectivity index (χ3n) is 3.87. The number of ether oxygens (including phenoxy) is 2. The maximum atomic E-state index is 12.3. The van der Waals surface area contributed by atoms with Crippen LogP contribution in [-0.2, 0) is 20.7 Å². The second kappa shape index (κ2) is 6.70. The van der Waals surface area contributed by atoms with Gasteiger partial charge < -0.3 is 14.4 Å². The maximum absolute atomic E-state index is 12.3. The van der Waals surface area contributed by atoms with Crippen LogP contribution in [0.5, 0.6) is 0 Å². The molecule has 0 bridgehead atoms. The number of carbonyl (C=O) groups excluding carboxylic acids is 1. The standard InChI is InChI=1S/C15H20BrNO3/c1-19-15(20-2)6-8-17(9-7-15)14(18)11-12-4-3-5-13(16)10-12/h3-5,10H,6-9,11H2,1-2H3. The third kappa shape index (κ3) is 3.59. The number of nitrogens with zero attached hydrogens (tertiary/aromatic N) is 1. The lowest BCUT2D eigenvalue weighted by Crippen LogP contribution is -2.49. The Bertz CT molecular complexity index is 464. The van der Waals surface area contributed by atoms with Gasteiger partial charge in [-0.05, 0) is 17.7 Å². The minimum Gasteiger partial charge on any atom is -0.353 e. The number of rotatable bonds is 4. The molecular weight excluding hydrogens is 322 g/mol. The topological polar surface area (TPSA) is 38.8 Å². The van der Waals surface area contributed by atoms with E-state index in [-0.39, 0.29) is 5.91 Å². The van der Waals surface area contributed by atoms with Crippen molar-refractivity contribution in [2.24, 2.45) is 0 Å². The van der Waals surface area contributed by atoms with Crippen LogP contribution in [0, 0.1) is 0 Å². The van der Waals surface area contributed by atoms with Crippen LogP contribution in [0.4, 0.5) is 0 Å². The van der Waals surface area contributed by atoms with Gasteiger partial charge in [-0.2, -0.15) is 0 Å². The number of methoxy groups -OCH3 is 2. The van der Waals surface area contributed by atoms with Gasteiger partial charge in [0.1, 0.15) is 0 Å². The predicted octanol–water partition coefficient (Wildman–Crippen LogP) is 2.60. The van der Waals surface area contributed by atoms with E-state index in [9.17, 15) is 4.79 Å². The van der Waals surface area contributed by atoms with Gasteiger partial charge in [-0.25, -0.2) is 0 Å². The summed E-state index contributed by atoms with van der Waals surface area (Å²) < 4.78 is 11.8. The lowest BCUT2D eigenvalue weighted by Gasteiger charge is -2.39. The minimum absolute atomic E-state index is 0.156. The van der Waals surface area contributed by atoms with E-state index in [1.54, 1.807) is 14.2 Å². The number of benzene rings is 1. The van der Waals surface area contributed by atoms with Gasteiger partial charge in [-0.3, -0.25) is 4.79 Å². The number of carbonyl (C=O) groups is 1. The highest BCUT2D eigenvalue weighted by molar-refractivity contribution is 9.10. The van der Waals surface area contributed by atoms with Gasteiger partial charge in [-0.15, -0.1) is 0 Å². The van der Waals surface area contributed by atoms with Crippen molar-refractivity contribution in [3.8, 4) is 0 Å². The first-order valence-corrected chi connectivity index (χ1v) is 7.50. The maximum Gasteiger partial charge on any atom is 0.226 e. The van der Waals surface area contributed by atoms with Gasteiger partial charge >= 0.3 is 0 Å². The van der Waals surface area contributed by atoms with Crippen molar-refractivity contribution >= 4 is 21.8 Å². The largest absolute Gasteiger partial charge is 0.353 e. The first-order valence-electron chi connectivity index (χ1n) is 6.71. The fraction of sp³-hybridized carbons (Fsp3) is 0.533. The third-order valence-corrected chi connectivity index (χ3v) is 4.36. The number of halogens is 1. The molecule has 20 heavy (non-hydrogen) atoms. The molecule has 0 aromatic heterocycles. The Balaban J connectivity index is 1.92. The molecule has 5 heteroatoms. The highest BCUT2D eigenvalue weighted by Crippen LogP contribution is 2.26. The molecule has 1 aromatic carbocycles. The molecule has 4 nitrogen and oxygen atoms in total. The van der Waals surface area contributed by atoms with Crippen LogP contribution in [0.15, 0.2) is 28.7 Å². The Morgan fingerprint density at radius 2 is 1.95 bits per heavy atom. The Morgan fingerprint density at radius 1 is 1.30 bits per heavy atom. The zero-order valence-electron chi connectivity index (χ0n) is 11.9. The van der Waals surface area contributed by atoms with E-state index in [2.05, 4.69) is 15.9 Å². The highest BCUT2D eigenvalue weighted by atomic mass is 79.9. The van der Waals surface area contributed by atoms with E-state index in [0.717, 1.165) is 10.0 Å². The summed E-state index contributed by atoms with van der Waals surface area (Å²) in [5.41, 5.74) is 1.03. The van der Waals surface area contributed by atoms with Crippen molar-refractivity contribution in [3.05, 3.63) is 34.3 Å². The van der Waals surface area contributed by atoms with E-state index in [0.29, 0.717) is 32.4 Å². The predicted molar refractivity (Wildman–Crippen MR) is 80.4 cm³/mol. The molecule has 1 fully saturated rings. The summed E-state index contributed by atoms with van der Waals surface area (Å²) in [6.07, 6.45) is 1.86. The molecule has 2 rings (SSSR count). The van der Waals surface area contributed by atoms with Gasteiger partial charge in [0.2, 0.25) is 5.91 Å². The normalized spacial score (nSPS) is 18.1. The number of piperidine rings is 1. The van der Waals surface area contributed by atoms with Crippen molar-refractivity contribution < 1.29 is 14.3 Å². The van der Waals surface area contributed by atoms with Crippen LogP contribution in [-0.4, -0.2) is 43.9 Å². The Morgan fingerprint density at radius 3 is 2.50 bits per heavy atom. The molecule has 0 atom stereocenters. The fourth-order valence-electron chi connectivity index (χ4n) is 2.52. The van der Waals surface area contributed by atoms with Gasteiger partial charge in [0.15, 0.2) is 5.79 Å². The molecule has 1 heterocycles. The molecule has 0 spiro atoms. The molecule has 0 unspecified atom stereocenters. The highest BCUT2D eigenvalue weighted by Gasteiger charge is 2.35. The second-order valence-corrected chi connectivity index (χ2v) is 5.92. The Labute approximate surface area is 128 Å². The van der Waals surface area contributed by atoms with Crippen molar-refractivity contribution in [2.75, 3.05) is 27.3 Å². The number of amides is 1. The van der Waals surface area contributed by atoms with E-state index in [4.69, 9.17) is 9.47 Å².